The summed E-state index contributed by atoms with van der Waals surface area (Å²) in [6.07, 6.45) is 1.67. The third kappa shape index (κ3) is 5.27. The average molecular weight is 368 g/mol. The summed E-state index contributed by atoms with van der Waals surface area (Å²) < 4.78 is 31.1. The molecular weight excluding hydrogens is 344 g/mol. The molecule has 0 unspecified atom stereocenters. The number of amides is 1. The monoisotopic (exact) mass is 368 g/mol. The van der Waals surface area contributed by atoms with E-state index >= 15 is 0 Å². The summed E-state index contributed by atoms with van der Waals surface area (Å²) in [4.78, 5) is 23.2. The number of esters is 1. The van der Waals surface area contributed by atoms with E-state index in [1.807, 2.05) is 0 Å². The Bertz CT molecular complexity index is 707. The van der Waals surface area contributed by atoms with Gasteiger partial charge in [-0.25, -0.2) is 8.42 Å². The highest BCUT2D eigenvalue weighted by atomic mass is 32.2. The van der Waals surface area contributed by atoms with Gasteiger partial charge in [0.25, 0.3) is 5.91 Å². The second-order valence-corrected chi connectivity index (χ2v) is 7.83. The van der Waals surface area contributed by atoms with E-state index < -0.39 is 10.0 Å². The fraction of sp³-hybridized carbons (Fsp3) is 0.529. The number of ether oxygens (including phenoxy) is 1. The van der Waals surface area contributed by atoms with Gasteiger partial charge in [-0.2, -0.15) is 4.31 Å². The molecule has 0 bridgehead atoms. The van der Waals surface area contributed by atoms with Gasteiger partial charge in [0.1, 0.15) is 0 Å². The SMILES string of the molecule is CCN(CC)S(=O)(=O)c1ccc(CNC(=O)COC(=O)C2CC2)cc1. The van der Waals surface area contributed by atoms with Crippen molar-refractivity contribution in [2.45, 2.75) is 38.1 Å². The summed E-state index contributed by atoms with van der Waals surface area (Å²) in [5.41, 5.74) is 0.764. The van der Waals surface area contributed by atoms with Crippen LogP contribution in [0.1, 0.15) is 32.3 Å². The van der Waals surface area contributed by atoms with Crippen molar-refractivity contribution in [1.82, 2.24) is 9.62 Å². The first-order chi connectivity index (χ1) is 11.9. The van der Waals surface area contributed by atoms with Gasteiger partial charge in [0.15, 0.2) is 6.61 Å². The molecular formula is C17H24N2O5S. The van der Waals surface area contributed by atoms with Crippen molar-refractivity contribution in [3.63, 3.8) is 0 Å². The molecule has 1 aromatic rings. The first-order valence-corrected chi connectivity index (χ1v) is 9.85. The number of hydrogen-bond acceptors (Lipinski definition) is 5. The molecule has 138 valence electrons. The number of carbonyl (C=O) groups excluding carboxylic acids is 2. The Kier molecular flexibility index (Phi) is 6.55. The minimum atomic E-state index is -3.48. The quantitative estimate of drug-likeness (QED) is 0.663. The fourth-order valence-electron chi connectivity index (χ4n) is 2.32. The lowest BCUT2D eigenvalue weighted by Crippen LogP contribution is -2.30. The molecule has 0 atom stereocenters. The smallest absolute Gasteiger partial charge is 0.309 e. The highest BCUT2D eigenvalue weighted by molar-refractivity contribution is 7.89. The number of nitrogens with zero attached hydrogens (tertiary/aromatic N) is 1. The summed E-state index contributed by atoms with van der Waals surface area (Å²) in [6.45, 7) is 4.36. The van der Waals surface area contributed by atoms with E-state index in [0.29, 0.717) is 13.1 Å². The lowest BCUT2D eigenvalue weighted by atomic mass is 10.2. The lowest BCUT2D eigenvalue weighted by Gasteiger charge is -2.18. The van der Waals surface area contributed by atoms with Crippen LogP contribution in [0.4, 0.5) is 0 Å². The number of rotatable bonds is 9. The Labute approximate surface area is 148 Å². The molecule has 1 amide bonds. The van der Waals surface area contributed by atoms with Gasteiger partial charge in [-0.1, -0.05) is 26.0 Å². The Hall–Kier alpha value is -1.93. The van der Waals surface area contributed by atoms with E-state index in [2.05, 4.69) is 5.32 Å². The fourth-order valence-corrected chi connectivity index (χ4v) is 3.78. The maximum atomic E-state index is 12.4. The highest BCUT2D eigenvalue weighted by Crippen LogP contribution is 2.29. The van der Waals surface area contributed by atoms with Crippen molar-refractivity contribution in [1.29, 1.82) is 0 Å². The van der Waals surface area contributed by atoms with Crippen LogP contribution in [-0.4, -0.2) is 44.3 Å². The summed E-state index contributed by atoms with van der Waals surface area (Å²) in [5.74, 6) is -0.733. The van der Waals surface area contributed by atoms with Crippen molar-refractivity contribution in [3.8, 4) is 0 Å². The van der Waals surface area contributed by atoms with Gasteiger partial charge < -0.3 is 10.1 Å². The zero-order valence-corrected chi connectivity index (χ0v) is 15.3. The topological polar surface area (TPSA) is 92.8 Å². The van der Waals surface area contributed by atoms with Gasteiger partial charge in [0, 0.05) is 19.6 Å². The molecule has 1 saturated carbocycles. The second kappa shape index (κ2) is 8.44. The number of nitrogens with one attached hydrogen (secondary N) is 1. The minimum absolute atomic E-state index is 0.0342. The number of hydrogen-bond donors (Lipinski definition) is 1. The average Bonchev–Trinajstić information content (AvgIpc) is 3.44. The van der Waals surface area contributed by atoms with Crippen molar-refractivity contribution in [2.75, 3.05) is 19.7 Å². The molecule has 0 aliphatic heterocycles. The van der Waals surface area contributed by atoms with Crippen LogP contribution < -0.4 is 5.32 Å². The van der Waals surface area contributed by atoms with Gasteiger partial charge in [0.2, 0.25) is 10.0 Å². The molecule has 1 N–H and O–H groups in total. The van der Waals surface area contributed by atoms with E-state index in [1.165, 1.54) is 16.4 Å². The third-order valence-corrected chi connectivity index (χ3v) is 6.08. The van der Waals surface area contributed by atoms with E-state index in [-0.39, 0.29) is 35.8 Å². The Balaban J connectivity index is 1.85. The van der Waals surface area contributed by atoms with Gasteiger partial charge in [-0.3, -0.25) is 9.59 Å². The van der Waals surface area contributed by atoms with Crippen LogP contribution in [-0.2, 0) is 30.9 Å². The predicted molar refractivity (Wildman–Crippen MR) is 92.1 cm³/mol. The van der Waals surface area contributed by atoms with E-state index in [0.717, 1.165) is 18.4 Å². The summed E-state index contributed by atoms with van der Waals surface area (Å²) in [7, 11) is -3.48. The lowest BCUT2D eigenvalue weighted by molar-refractivity contribution is -0.149. The van der Waals surface area contributed by atoms with Crippen LogP contribution in [0.25, 0.3) is 0 Å². The molecule has 25 heavy (non-hydrogen) atoms. The van der Waals surface area contributed by atoms with E-state index in [1.54, 1.807) is 26.0 Å². The van der Waals surface area contributed by atoms with Crippen LogP contribution in [0.5, 0.6) is 0 Å². The van der Waals surface area contributed by atoms with Gasteiger partial charge in [-0.05, 0) is 30.5 Å². The first-order valence-electron chi connectivity index (χ1n) is 8.40. The van der Waals surface area contributed by atoms with Crippen molar-refractivity contribution in [2.24, 2.45) is 5.92 Å². The highest BCUT2D eigenvalue weighted by Gasteiger charge is 2.31. The van der Waals surface area contributed by atoms with Crippen molar-refractivity contribution in [3.05, 3.63) is 29.8 Å². The Morgan fingerprint density at radius 2 is 1.76 bits per heavy atom. The Morgan fingerprint density at radius 1 is 1.16 bits per heavy atom. The molecule has 7 nitrogen and oxygen atoms in total. The van der Waals surface area contributed by atoms with Crippen molar-refractivity contribution >= 4 is 21.9 Å². The normalized spacial score (nSPS) is 14.4. The molecule has 2 rings (SSSR count). The first kappa shape index (κ1) is 19.4. The molecule has 1 aromatic carbocycles. The summed E-state index contributed by atoms with van der Waals surface area (Å²) in [5, 5.41) is 2.64. The minimum Gasteiger partial charge on any atom is -0.455 e. The number of carbonyl (C=O) groups is 2. The molecule has 0 saturated heterocycles. The van der Waals surface area contributed by atoms with Crippen LogP contribution in [0.2, 0.25) is 0 Å². The summed E-state index contributed by atoms with van der Waals surface area (Å²) in [6, 6.07) is 6.38. The van der Waals surface area contributed by atoms with Crippen LogP contribution in [0.3, 0.4) is 0 Å². The summed E-state index contributed by atoms with van der Waals surface area (Å²) >= 11 is 0. The molecule has 1 aliphatic rings. The van der Waals surface area contributed by atoms with Crippen LogP contribution in [0, 0.1) is 5.92 Å². The third-order valence-electron chi connectivity index (χ3n) is 4.01. The zero-order valence-electron chi connectivity index (χ0n) is 14.5. The molecule has 0 radical (unpaired) electrons. The predicted octanol–water partition coefficient (Wildman–Crippen LogP) is 1.29. The molecule has 0 aromatic heterocycles. The number of benzene rings is 1. The molecule has 8 heteroatoms. The van der Waals surface area contributed by atoms with Crippen LogP contribution >= 0.6 is 0 Å². The van der Waals surface area contributed by atoms with Gasteiger partial charge in [-0.15, -0.1) is 0 Å². The maximum Gasteiger partial charge on any atom is 0.309 e. The molecule has 0 spiro atoms. The molecule has 1 fully saturated rings. The second-order valence-electron chi connectivity index (χ2n) is 5.89. The van der Waals surface area contributed by atoms with E-state index in [4.69, 9.17) is 4.74 Å². The molecule has 1 aliphatic carbocycles. The van der Waals surface area contributed by atoms with Gasteiger partial charge >= 0.3 is 5.97 Å². The standard InChI is InChI=1S/C17H24N2O5S/c1-3-19(4-2)25(22,23)15-9-5-13(6-10-15)11-18-16(20)12-24-17(21)14-7-8-14/h5-6,9-10,14H,3-4,7-8,11-12H2,1-2H3,(H,18,20). The van der Waals surface area contributed by atoms with Crippen LogP contribution in [0.15, 0.2) is 29.2 Å². The van der Waals surface area contributed by atoms with E-state index in [9.17, 15) is 18.0 Å². The zero-order chi connectivity index (χ0) is 18.4. The van der Waals surface area contributed by atoms with Crippen molar-refractivity contribution < 1.29 is 22.7 Å². The molecule has 0 heterocycles. The number of sulfonamides is 1. The largest absolute Gasteiger partial charge is 0.455 e. The van der Waals surface area contributed by atoms with Gasteiger partial charge in [0.05, 0.1) is 10.8 Å². The maximum absolute atomic E-state index is 12.4. The Morgan fingerprint density at radius 3 is 2.28 bits per heavy atom.